The van der Waals surface area contributed by atoms with Crippen LogP contribution in [0.2, 0.25) is 0 Å². The lowest BCUT2D eigenvalue weighted by Gasteiger charge is -2.29. The minimum atomic E-state index is -0.314. The second kappa shape index (κ2) is 7.36. The molecular formula is C22H23N3O2S. The number of para-hydroxylation sites is 1. The number of thioether (sulfide) groups is 1. The summed E-state index contributed by atoms with van der Waals surface area (Å²) < 4.78 is 0. The molecule has 1 aliphatic rings. The Morgan fingerprint density at radius 2 is 1.89 bits per heavy atom. The molecule has 6 heteroatoms. The zero-order chi connectivity index (χ0) is 19.8. The molecule has 1 aliphatic heterocycles. The average molecular weight is 394 g/mol. The molecule has 0 saturated carbocycles. The summed E-state index contributed by atoms with van der Waals surface area (Å²) in [6.07, 6.45) is 0. The zero-order valence-electron chi connectivity index (χ0n) is 16.2. The molecule has 1 atom stereocenters. The number of aromatic nitrogens is 1. The number of amides is 2. The number of H-pyrrole nitrogens is 1. The highest BCUT2D eigenvalue weighted by molar-refractivity contribution is 8.00. The van der Waals surface area contributed by atoms with Crippen molar-refractivity contribution in [3.05, 3.63) is 48.0 Å². The smallest absolute Gasteiger partial charge is 0.240 e. The molecule has 2 heterocycles. The first-order valence-corrected chi connectivity index (χ1v) is 10.4. The molecule has 5 nitrogen and oxygen atoms in total. The van der Waals surface area contributed by atoms with Crippen molar-refractivity contribution in [2.75, 3.05) is 18.4 Å². The quantitative estimate of drug-likeness (QED) is 0.669. The van der Waals surface area contributed by atoms with Crippen LogP contribution in [0.5, 0.6) is 0 Å². The van der Waals surface area contributed by atoms with Gasteiger partial charge in [-0.2, -0.15) is 0 Å². The number of fused-ring (bicyclic) bond motifs is 5. The summed E-state index contributed by atoms with van der Waals surface area (Å²) in [6, 6.07) is 14.0. The molecular weight excluding hydrogens is 370 g/mol. The fraction of sp³-hybridized carbons (Fsp3) is 0.273. The van der Waals surface area contributed by atoms with E-state index in [0.29, 0.717) is 13.1 Å². The highest BCUT2D eigenvalue weighted by atomic mass is 32.2. The molecule has 2 aromatic carbocycles. The summed E-state index contributed by atoms with van der Waals surface area (Å²) in [5.41, 5.74) is 4.89. The molecule has 1 aromatic heterocycles. The van der Waals surface area contributed by atoms with E-state index in [-0.39, 0.29) is 17.1 Å². The van der Waals surface area contributed by atoms with Gasteiger partial charge in [0.15, 0.2) is 0 Å². The molecule has 144 valence electrons. The first-order chi connectivity index (χ1) is 13.5. The van der Waals surface area contributed by atoms with Gasteiger partial charge in [-0.25, -0.2) is 0 Å². The molecule has 1 unspecified atom stereocenters. The number of aromatic amines is 1. The third-order valence-corrected chi connectivity index (χ3v) is 6.39. The van der Waals surface area contributed by atoms with Crippen LogP contribution in [0.15, 0.2) is 47.4 Å². The summed E-state index contributed by atoms with van der Waals surface area (Å²) in [6.45, 7) is 6.88. The molecule has 3 aromatic rings. The molecule has 0 spiro atoms. The predicted octanol–water partition coefficient (Wildman–Crippen LogP) is 4.81. The number of benzene rings is 2. The van der Waals surface area contributed by atoms with Crippen LogP contribution in [0.1, 0.15) is 31.6 Å². The van der Waals surface area contributed by atoms with Crippen LogP contribution in [-0.2, 0) is 9.59 Å². The second-order valence-corrected chi connectivity index (χ2v) is 8.01. The number of hydrogen-bond donors (Lipinski definition) is 2. The lowest BCUT2D eigenvalue weighted by molar-refractivity contribution is -0.130. The molecule has 0 radical (unpaired) electrons. The van der Waals surface area contributed by atoms with E-state index < -0.39 is 0 Å². The van der Waals surface area contributed by atoms with Crippen molar-refractivity contribution >= 4 is 40.2 Å². The second-order valence-electron chi connectivity index (χ2n) is 6.86. The van der Waals surface area contributed by atoms with E-state index in [1.807, 2.05) is 55.1 Å². The van der Waals surface area contributed by atoms with Crippen LogP contribution in [0, 0.1) is 0 Å². The summed E-state index contributed by atoms with van der Waals surface area (Å²) >= 11 is 1.57. The van der Waals surface area contributed by atoms with Gasteiger partial charge in [0.1, 0.15) is 5.25 Å². The van der Waals surface area contributed by atoms with E-state index in [2.05, 4.69) is 16.4 Å². The Kier molecular flexibility index (Phi) is 4.89. The largest absolute Gasteiger partial charge is 0.354 e. The maximum atomic E-state index is 13.4. The third kappa shape index (κ3) is 3.07. The van der Waals surface area contributed by atoms with Crippen LogP contribution < -0.4 is 5.32 Å². The van der Waals surface area contributed by atoms with Crippen LogP contribution >= 0.6 is 11.8 Å². The first-order valence-electron chi connectivity index (χ1n) is 9.51. The minimum Gasteiger partial charge on any atom is -0.354 e. The highest BCUT2D eigenvalue weighted by Crippen LogP contribution is 2.52. The van der Waals surface area contributed by atoms with E-state index in [1.54, 1.807) is 11.8 Å². The summed E-state index contributed by atoms with van der Waals surface area (Å²) in [4.78, 5) is 31.2. The van der Waals surface area contributed by atoms with Gasteiger partial charge in [0.25, 0.3) is 0 Å². The number of carbonyl (C=O) groups is 2. The van der Waals surface area contributed by atoms with E-state index in [9.17, 15) is 9.59 Å². The van der Waals surface area contributed by atoms with Gasteiger partial charge in [0.2, 0.25) is 11.8 Å². The van der Waals surface area contributed by atoms with Gasteiger partial charge in [0, 0.05) is 52.6 Å². The van der Waals surface area contributed by atoms with Crippen molar-refractivity contribution in [2.45, 2.75) is 30.9 Å². The van der Waals surface area contributed by atoms with E-state index >= 15 is 0 Å². The van der Waals surface area contributed by atoms with E-state index in [0.717, 1.165) is 38.3 Å². The minimum absolute atomic E-state index is 0.108. The van der Waals surface area contributed by atoms with Gasteiger partial charge < -0.3 is 15.2 Å². The van der Waals surface area contributed by atoms with Gasteiger partial charge >= 0.3 is 0 Å². The molecule has 28 heavy (non-hydrogen) atoms. The van der Waals surface area contributed by atoms with Crippen molar-refractivity contribution < 1.29 is 9.59 Å². The number of nitrogens with one attached hydrogen (secondary N) is 2. The number of hydrogen-bond acceptors (Lipinski definition) is 3. The number of carbonyl (C=O) groups excluding carboxylic acids is 2. The SMILES string of the molecule is CCN(CC)C(=O)C1Sc2cc(NC(C)=O)ccc2-c2[nH]c3ccccc3c21. The fourth-order valence-corrected chi connectivity index (χ4v) is 5.18. The van der Waals surface area contributed by atoms with Crippen molar-refractivity contribution in [1.29, 1.82) is 0 Å². The normalized spacial score (nSPS) is 15.0. The molecule has 0 aliphatic carbocycles. The van der Waals surface area contributed by atoms with Crippen LogP contribution in [0.25, 0.3) is 22.2 Å². The molecule has 0 bridgehead atoms. The summed E-state index contributed by atoms with van der Waals surface area (Å²) in [5, 5.41) is 3.61. The predicted molar refractivity (Wildman–Crippen MR) is 115 cm³/mol. The third-order valence-electron chi connectivity index (χ3n) is 5.12. The first kappa shape index (κ1) is 18.6. The lowest BCUT2D eigenvalue weighted by atomic mass is 10.0. The Labute approximate surface area is 168 Å². The Morgan fingerprint density at radius 3 is 2.61 bits per heavy atom. The highest BCUT2D eigenvalue weighted by Gasteiger charge is 2.35. The standard InChI is InChI=1S/C22H23N3O2S/c1-4-25(5-2)22(27)21-19-15-8-6-7-9-17(15)24-20(19)16-11-10-14(23-13(3)26)12-18(16)28-21/h6-12,21,24H,4-5H2,1-3H3,(H,23,26). The molecule has 0 saturated heterocycles. The lowest BCUT2D eigenvalue weighted by Crippen LogP contribution is -2.34. The van der Waals surface area contributed by atoms with E-state index in [4.69, 9.17) is 0 Å². The van der Waals surface area contributed by atoms with E-state index in [1.165, 1.54) is 6.92 Å². The van der Waals surface area contributed by atoms with Crippen LogP contribution in [0.3, 0.4) is 0 Å². The Hall–Kier alpha value is -2.73. The van der Waals surface area contributed by atoms with Crippen LogP contribution in [-0.4, -0.2) is 34.8 Å². The number of nitrogens with zero attached hydrogens (tertiary/aromatic N) is 1. The monoisotopic (exact) mass is 393 g/mol. The summed E-state index contributed by atoms with van der Waals surface area (Å²) in [7, 11) is 0. The van der Waals surface area contributed by atoms with Crippen molar-refractivity contribution in [3.63, 3.8) is 0 Å². The molecule has 4 rings (SSSR count). The molecule has 2 N–H and O–H groups in total. The van der Waals surface area contributed by atoms with Gasteiger partial charge in [-0.15, -0.1) is 11.8 Å². The van der Waals surface area contributed by atoms with Crippen molar-refractivity contribution in [3.8, 4) is 11.3 Å². The maximum Gasteiger partial charge on any atom is 0.240 e. The Morgan fingerprint density at radius 1 is 1.14 bits per heavy atom. The van der Waals surface area contributed by atoms with Crippen molar-refractivity contribution in [2.24, 2.45) is 0 Å². The summed E-state index contributed by atoms with van der Waals surface area (Å²) in [5.74, 6) is 0.0133. The van der Waals surface area contributed by atoms with Crippen LogP contribution in [0.4, 0.5) is 5.69 Å². The van der Waals surface area contributed by atoms with Gasteiger partial charge in [-0.05, 0) is 38.1 Å². The molecule has 0 fully saturated rings. The van der Waals surface area contributed by atoms with Gasteiger partial charge in [0.05, 0.1) is 5.69 Å². The Bertz CT molecular complexity index is 1070. The molecule has 2 amide bonds. The maximum absolute atomic E-state index is 13.4. The van der Waals surface area contributed by atoms with Gasteiger partial charge in [-0.1, -0.05) is 18.2 Å². The van der Waals surface area contributed by atoms with Crippen molar-refractivity contribution in [1.82, 2.24) is 9.88 Å². The Balaban J connectivity index is 1.90. The van der Waals surface area contributed by atoms with Gasteiger partial charge in [-0.3, -0.25) is 9.59 Å². The topological polar surface area (TPSA) is 65.2 Å². The number of rotatable bonds is 4. The fourth-order valence-electron chi connectivity index (χ4n) is 3.82. The number of likely N-dealkylation sites (N-methyl/N-ethyl adjacent to an activating group) is 1. The number of anilines is 1. The average Bonchev–Trinajstić information content (AvgIpc) is 3.07. The zero-order valence-corrected chi connectivity index (χ0v) is 17.0.